The molecule has 0 aliphatic heterocycles. The molecule has 4 N–H and O–H groups in total. The van der Waals surface area contributed by atoms with Crippen LogP contribution >= 0.6 is 23.2 Å². The van der Waals surface area contributed by atoms with Crippen molar-refractivity contribution in [2.24, 2.45) is 0 Å². The number of amides is 1. The largest absolute Gasteiger partial charge is 0.481 e. The van der Waals surface area contributed by atoms with E-state index in [1.807, 2.05) is 14.1 Å². The van der Waals surface area contributed by atoms with Crippen molar-refractivity contribution < 1.29 is 14.7 Å². The molecule has 124 valence electrons. The standard InChI is InChI=1S/C12H14Cl2N2O3.C2H7N/c1-15-6-11(17)16-10(5-12(18)19)7-2-8(13)4-9(14)3-7;1-3-2/h2-4,10,15H,5-6H2,1H3,(H,16,17)(H,18,19);3H,1-2H3. The van der Waals surface area contributed by atoms with Crippen molar-refractivity contribution in [1.82, 2.24) is 16.0 Å². The van der Waals surface area contributed by atoms with Gasteiger partial charge in [0.05, 0.1) is 19.0 Å². The summed E-state index contributed by atoms with van der Waals surface area (Å²) >= 11 is 11.7. The monoisotopic (exact) mass is 349 g/mol. The van der Waals surface area contributed by atoms with Crippen molar-refractivity contribution in [3.05, 3.63) is 33.8 Å². The molecule has 0 saturated carbocycles. The van der Waals surface area contributed by atoms with Crippen molar-refractivity contribution in [2.45, 2.75) is 12.5 Å². The first-order valence-electron chi connectivity index (χ1n) is 6.54. The zero-order valence-corrected chi connectivity index (χ0v) is 14.3. The molecule has 1 aromatic rings. The summed E-state index contributed by atoms with van der Waals surface area (Å²) in [4.78, 5) is 22.4. The van der Waals surface area contributed by atoms with E-state index in [0.29, 0.717) is 15.6 Å². The highest BCUT2D eigenvalue weighted by Gasteiger charge is 2.18. The lowest BCUT2D eigenvalue weighted by atomic mass is 10.0. The Morgan fingerprint density at radius 1 is 1.14 bits per heavy atom. The molecule has 1 unspecified atom stereocenters. The maximum atomic E-state index is 11.5. The Morgan fingerprint density at radius 3 is 2.05 bits per heavy atom. The van der Waals surface area contributed by atoms with E-state index in [-0.39, 0.29) is 18.9 Å². The van der Waals surface area contributed by atoms with Crippen LogP contribution in [0.1, 0.15) is 18.0 Å². The number of nitrogens with one attached hydrogen (secondary N) is 3. The number of halogens is 2. The number of carbonyl (C=O) groups excluding carboxylic acids is 1. The number of likely N-dealkylation sites (N-methyl/N-ethyl adjacent to an activating group) is 1. The minimum Gasteiger partial charge on any atom is -0.481 e. The van der Waals surface area contributed by atoms with E-state index >= 15 is 0 Å². The maximum absolute atomic E-state index is 11.5. The van der Waals surface area contributed by atoms with Gasteiger partial charge in [-0.15, -0.1) is 0 Å². The van der Waals surface area contributed by atoms with Crippen LogP contribution in [0.5, 0.6) is 0 Å². The Balaban J connectivity index is 0.00000135. The summed E-state index contributed by atoms with van der Waals surface area (Å²) < 4.78 is 0. The molecule has 0 saturated heterocycles. The third kappa shape index (κ3) is 8.84. The lowest BCUT2D eigenvalue weighted by Crippen LogP contribution is -2.36. The molecule has 0 heterocycles. The number of aliphatic carboxylic acids is 1. The quantitative estimate of drug-likeness (QED) is 0.627. The average molecular weight is 350 g/mol. The molecule has 6 nitrogen and oxygen atoms in total. The van der Waals surface area contributed by atoms with E-state index in [0.717, 1.165) is 0 Å². The molecule has 1 amide bonds. The fourth-order valence-electron chi connectivity index (χ4n) is 1.61. The summed E-state index contributed by atoms with van der Waals surface area (Å²) in [5.74, 6) is -1.32. The van der Waals surface area contributed by atoms with Crippen LogP contribution in [0.2, 0.25) is 10.0 Å². The molecule has 1 rings (SSSR count). The average Bonchev–Trinajstić information content (AvgIpc) is 2.37. The fraction of sp³-hybridized carbons (Fsp3) is 0.429. The molecule has 0 aliphatic carbocycles. The summed E-state index contributed by atoms with van der Waals surface area (Å²) in [6.45, 7) is 0.102. The van der Waals surface area contributed by atoms with Crippen molar-refractivity contribution in [1.29, 1.82) is 0 Å². The fourth-order valence-corrected chi connectivity index (χ4v) is 2.15. The van der Waals surface area contributed by atoms with Crippen LogP contribution in [0.3, 0.4) is 0 Å². The van der Waals surface area contributed by atoms with Crippen LogP contribution in [0, 0.1) is 0 Å². The van der Waals surface area contributed by atoms with Crippen LogP contribution in [-0.2, 0) is 9.59 Å². The van der Waals surface area contributed by atoms with E-state index in [2.05, 4.69) is 16.0 Å². The molecular weight excluding hydrogens is 329 g/mol. The van der Waals surface area contributed by atoms with Gasteiger partial charge in [-0.2, -0.15) is 0 Å². The third-order valence-electron chi connectivity index (χ3n) is 2.34. The molecule has 0 aromatic heterocycles. The molecule has 0 fully saturated rings. The zero-order valence-electron chi connectivity index (χ0n) is 12.7. The number of hydrogen-bond acceptors (Lipinski definition) is 4. The smallest absolute Gasteiger partial charge is 0.305 e. The van der Waals surface area contributed by atoms with Gasteiger partial charge in [0.15, 0.2) is 0 Å². The number of carboxylic acids is 1. The molecule has 0 spiro atoms. The Morgan fingerprint density at radius 2 is 1.64 bits per heavy atom. The van der Waals surface area contributed by atoms with Crippen molar-refractivity contribution in [3.8, 4) is 0 Å². The Hall–Kier alpha value is -1.34. The van der Waals surface area contributed by atoms with Gasteiger partial charge in [-0.3, -0.25) is 9.59 Å². The summed E-state index contributed by atoms with van der Waals surface area (Å²) in [5.41, 5.74) is 0.560. The molecule has 8 heteroatoms. The van der Waals surface area contributed by atoms with E-state index in [4.69, 9.17) is 28.3 Å². The van der Waals surface area contributed by atoms with Gasteiger partial charge >= 0.3 is 5.97 Å². The van der Waals surface area contributed by atoms with Crippen LogP contribution in [0.25, 0.3) is 0 Å². The third-order valence-corrected chi connectivity index (χ3v) is 2.77. The molecule has 0 aliphatic rings. The Kier molecular flexibility index (Phi) is 10.6. The number of hydrogen-bond donors (Lipinski definition) is 4. The van der Waals surface area contributed by atoms with Crippen molar-refractivity contribution >= 4 is 35.1 Å². The zero-order chi connectivity index (χ0) is 17.1. The minimum absolute atomic E-state index is 0.102. The number of rotatable bonds is 6. The van der Waals surface area contributed by atoms with E-state index in [9.17, 15) is 9.59 Å². The second kappa shape index (κ2) is 11.3. The second-order valence-electron chi connectivity index (χ2n) is 4.45. The summed E-state index contributed by atoms with van der Waals surface area (Å²) in [6, 6.07) is 4.04. The highest BCUT2D eigenvalue weighted by molar-refractivity contribution is 6.34. The van der Waals surface area contributed by atoms with Crippen molar-refractivity contribution in [2.75, 3.05) is 27.7 Å². The summed E-state index contributed by atoms with van der Waals surface area (Å²) in [6.07, 6.45) is -0.244. The van der Waals surface area contributed by atoms with Gasteiger partial charge in [-0.25, -0.2) is 0 Å². The van der Waals surface area contributed by atoms with E-state index in [1.54, 1.807) is 25.2 Å². The molecule has 0 radical (unpaired) electrons. The van der Waals surface area contributed by atoms with E-state index in [1.165, 1.54) is 0 Å². The van der Waals surface area contributed by atoms with E-state index < -0.39 is 12.0 Å². The van der Waals surface area contributed by atoms with Crippen LogP contribution in [0.15, 0.2) is 18.2 Å². The molecular formula is C14H21Cl2N3O3. The summed E-state index contributed by atoms with van der Waals surface area (Å²) in [7, 11) is 5.38. The lowest BCUT2D eigenvalue weighted by molar-refractivity contribution is -0.137. The van der Waals surface area contributed by atoms with Gasteiger partial charge in [-0.1, -0.05) is 23.2 Å². The lowest BCUT2D eigenvalue weighted by Gasteiger charge is -2.18. The highest BCUT2D eigenvalue weighted by Crippen LogP contribution is 2.25. The van der Waals surface area contributed by atoms with Gasteiger partial charge in [-0.05, 0) is 44.9 Å². The number of benzene rings is 1. The van der Waals surface area contributed by atoms with Gasteiger partial charge in [0.2, 0.25) is 5.91 Å². The predicted octanol–water partition coefficient (Wildman–Crippen LogP) is 1.68. The van der Waals surface area contributed by atoms with Gasteiger partial charge in [0.25, 0.3) is 0 Å². The molecule has 1 atom stereocenters. The number of carbonyl (C=O) groups is 2. The first-order valence-corrected chi connectivity index (χ1v) is 7.29. The maximum Gasteiger partial charge on any atom is 0.305 e. The normalized spacial score (nSPS) is 11.1. The van der Waals surface area contributed by atoms with Crippen LogP contribution < -0.4 is 16.0 Å². The second-order valence-corrected chi connectivity index (χ2v) is 5.32. The Bertz CT molecular complexity index is 478. The number of carboxylic acid groups (broad SMARTS) is 1. The first-order chi connectivity index (χ1) is 10.3. The SMILES string of the molecule is CNC.CNCC(=O)NC(CC(=O)O)c1cc(Cl)cc(Cl)c1. The van der Waals surface area contributed by atoms with Crippen LogP contribution in [-0.4, -0.2) is 44.7 Å². The topological polar surface area (TPSA) is 90.5 Å². The minimum atomic E-state index is -1.02. The first kappa shape index (κ1) is 20.7. The summed E-state index contributed by atoms with van der Waals surface area (Å²) in [5, 5.41) is 17.7. The van der Waals surface area contributed by atoms with Crippen LogP contribution in [0.4, 0.5) is 0 Å². The molecule has 22 heavy (non-hydrogen) atoms. The Labute approximate surface area is 140 Å². The van der Waals surface area contributed by atoms with Gasteiger partial charge in [0, 0.05) is 10.0 Å². The highest BCUT2D eigenvalue weighted by atomic mass is 35.5. The van der Waals surface area contributed by atoms with Crippen molar-refractivity contribution in [3.63, 3.8) is 0 Å². The molecule has 0 bridgehead atoms. The van der Waals surface area contributed by atoms with Gasteiger partial charge < -0.3 is 21.1 Å². The molecule has 1 aromatic carbocycles. The van der Waals surface area contributed by atoms with Gasteiger partial charge in [0.1, 0.15) is 0 Å². The predicted molar refractivity (Wildman–Crippen MR) is 88.5 cm³/mol.